The van der Waals surface area contributed by atoms with Gasteiger partial charge in [-0.05, 0) is 155 Å². The predicted octanol–water partition coefficient (Wildman–Crippen LogP) is 29.4. The molecule has 0 amide bonds. The van der Waals surface area contributed by atoms with Crippen molar-refractivity contribution in [3.8, 4) is 0 Å². The number of fused-ring (bicyclic) bond motifs is 9. The minimum atomic E-state index is -0.00841. The van der Waals surface area contributed by atoms with E-state index in [9.17, 15) is 0 Å². The van der Waals surface area contributed by atoms with E-state index >= 15 is 0 Å². The molecule has 6 nitrogen and oxygen atoms in total. The van der Waals surface area contributed by atoms with Crippen molar-refractivity contribution in [1.82, 2.24) is 0 Å². The van der Waals surface area contributed by atoms with Crippen LogP contribution in [0.3, 0.4) is 0 Å². The quantitative estimate of drug-likeness (QED) is 0.153. The maximum Gasteiger partial charge on any atom is 0.159 e. The van der Waals surface area contributed by atoms with E-state index in [1.165, 1.54) is 65.0 Å². The minimum absolute atomic E-state index is 0.00841. The predicted molar refractivity (Wildman–Crippen MR) is 440 cm³/mol. The highest BCUT2D eigenvalue weighted by atomic mass is 79.9. The lowest BCUT2D eigenvalue weighted by Crippen LogP contribution is -2.15. The molecule has 0 fully saturated rings. The van der Waals surface area contributed by atoms with E-state index in [1.807, 2.05) is 66.7 Å². The number of hydrogen-bond donors (Lipinski definition) is 1. The molecule has 20 aromatic rings. The van der Waals surface area contributed by atoms with E-state index in [0.717, 1.165) is 131 Å². The maximum absolute atomic E-state index is 6.81. The SMILES string of the molecule is CC(C)(C)c1cc2ccc3c(Br)cc(Br)c4ccc(c1)c2c34.CC(C)(C)c1cc2ccc3c(N(c4ccccc4)c4cccc5c4oc4ccccc45)cc(N(c4ccccc4)c4cccc5c4oc4ccccc45)c4ccc(c1)c2c34.c1ccc(Nc2cccc3c2oc2ccccc23)cc1. The van der Waals surface area contributed by atoms with Crippen molar-refractivity contribution < 1.29 is 13.3 Å². The van der Waals surface area contributed by atoms with E-state index in [4.69, 9.17) is 13.3 Å². The van der Waals surface area contributed by atoms with Crippen molar-refractivity contribution >= 4 is 208 Å². The second kappa shape index (κ2) is 24.7. The third-order valence-corrected chi connectivity index (χ3v) is 21.5. The van der Waals surface area contributed by atoms with Gasteiger partial charge in [-0.3, -0.25) is 0 Å². The zero-order valence-electron chi connectivity index (χ0n) is 57.2. The van der Waals surface area contributed by atoms with Gasteiger partial charge in [-0.2, -0.15) is 0 Å². The van der Waals surface area contributed by atoms with Gasteiger partial charge < -0.3 is 28.4 Å². The summed E-state index contributed by atoms with van der Waals surface area (Å²) in [6, 6.07) is 108. The highest BCUT2D eigenvalue weighted by Gasteiger charge is 2.29. The average Bonchev–Trinajstić information content (AvgIpc) is 0.819. The van der Waals surface area contributed by atoms with Gasteiger partial charge in [0.25, 0.3) is 0 Å². The molecule has 0 saturated heterocycles. The standard InChI is InChI=1S/C56H40N2O2.C20H16Br2.C18H13NO/c1-56(2,3)37-32-35-28-30-44-48(57(38-16-6-4-7-17-38)46-24-14-22-42-40-20-10-12-26-50(40)59-54(42)46)34-49(45-31-29-36(33-37)52(35)53(44)45)58(39-18-8-5-9-19-39)47-25-15-23-43-41-21-11-13-27-51(41)60-55(43)47;1-20(2,3)13-8-11-4-6-14-16(21)10-17(22)15-7-5-12(9-13)18(11)19(14)15;1-2-7-13(8-3-1)19-16-11-6-10-15-14-9-4-5-12-17(14)20-18(15)16/h4-34H,1-3H3;4-10H,1-3H3;1-12,19H. The Kier molecular flexibility index (Phi) is 15.2. The Labute approximate surface area is 607 Å². The molecule has 8 heteroatoms. The number of rotatable bonds is 8. The first-order valence-electron chi connectivity index (χ1n) is 34.7. The lowest BCUT2D eigenvalue weighted by atomic mass is 9.83. The first-order valence-corrected chi connectivity index (χ1v) is 36.3. The van der Waals surface area contributed by atoms with Gasteiger partial charge in [-0.15, -0.1) is 0 Å². The van der Waals surface area contributed by atoms with Crippen LogP contribution in [0.25, 0.3) is 130 Å². The molecule has 0 aliphatic heterocycles. The third-order valence-electron chi connectivity index (χ3n) is 20.2. The Morgan fingerprint density at radius 1 is 0.275 bits per heavy atom. The molecule has 0 bridgehead atoms. The number of benzene rings is 17. The Morgan fingerprint density at radius 3 is 1.04 bits per heavy atom. The monoisotopic (exact) mass is 1450 g/mol. The summed E-state index contributed by atoms with van der Waals surface area (Å²) in [7, 11) is 0. The van der Waals surface area contributed by atoms with Crippen LogP contribution >= 0.6 is 31.9 Å². The fraction of sp³-hybridized carbons (Fsp3) is 0.0851. The number of anilines is 8. The summed E-state index contributed by atoms with van der Waals surface area (Å²) in [6.45, 7) is 13.7. The highest BCUT2D eigenvalue weighted by Crippen LogP contribution is 2.54. The fourth-order valence-corrected chi connectivity index (χ4v) is 16.7. The van der Waals surface area contributed by atoms with Gasteiger partial charge >= 0.3 is 0 Å². The average molecular weight is 1450 g/mol. The van der Waals surface area contributed by atoms with Gasteiger partial charge in [-0.1, -0.05) is 292 Å². The molecule has 0 aliphatic carbocycles. The van der Waals surface area contributed by atoms with Crippen LogP contribution in [0.1, 0.15) is 52.7 Å². The summed E-state index contributed by atoms with van der Waals surface area (Å²) < 4.78 is 21.9. The number of nitrogens with one attached hydrogen (secondary N) is 1. The number of nitrogens with zero attached hydrogens (tertiary/aromatic N) is 2. The van der Waals surface area contributed by atoms with Crippen molar-refractivity contribution in [2.24, 2.45) is 0 Å². The molecular weight excluding hydrogens is 1380 g/mol. The fourth-order valence-electron chi connectivity index (χ4n) is 15.3. The second-order valence-electron chi connectivity index (χ2n) is 28.7. The van der Waals surface area contributed by atoms with Crippen molar-refractivity contribution in [2.75, 3.05) is 15.1 Å². The van der Waals surface area contributed by atoms with Crippen LogP contribution in [-0.2, 0) is 10.8 Å². The molecule has 0 saturated carbocycles. The summed E-state index contributed by atoms with van der Waals surface area (Å²) in [5, 5.41) is 25.2. The van der Waals surface area contributed by atoms with Crippen LogP contribution in [0.5, 0.6) is 0 Å². The molecule has 3 heterocycles. The Morgan fingerprint density at radius 2 is 0.618 bits per heavy atom. The number of furan rings is 3. The van der Waals surface area contributed by atoms with E-state index in [2.05, 4.69) is 325 Å². The smallest absolute Gasteiger partial charge is 0.159 e. The van der Waals surface area contributed by atoms with Crippen molar-refractivity contribution in [1.29, 1.82) is 0 Å². The van der Waals surface area contributed by atoms with Gasteiger partial charge in [0.1, 0.15) is 16.7 Å². The largest absolute Gasteiger partial charge is 0.454 e. The normalized spacial score (nSPS) is 12.1. The second-order valence-corrected chi connectivity index (χ2v) is 30.4. The summed E-state index contributed by atoms with van der Waals surface area (Å²) in [6.07, 6.45) is 0. The van der Waals surface area contributed by atoms with Crippen LogP contribution in [0, 0.1) is 0 Å². The lowest BCUT2D eigenvalue weighted by Gasteiger charge is -2.32. The summed E-state index contributed by atoms with van der Waals surface area (Å²) in [4.78, 5) is 4.79. The van der Waals surface area contributed by atoms with E-state index in [-0.39, 0.29) is 10.8 Å². The van der Waals surface area contributed by atoms with Crippen LogP contribution < -0.4 is 15.1 Å². The topological polar surface area (TPSA) is 57.9 Å². The van der Waals surface area contributed by atoms with E-state index in [1.54, 1.807) is 0 Å². The van der Waals surface area contributed by atoms with E-state index < -0.39 is 0 Å². The molecule has 0 spiro atoms. The molecule has 0 aliphatic rings. The first-order chi connectivity index (χ1) is 49.7. The summed E-state index contributed by atoms with van der Waals surface area (Å²) in [5.41, 5.74) is 16.2. The molecule has 0 radical (unpaired) electrons. The Bertz CT molecular complexity index is 6310. The van der Waals surface area contributed by atoms with Gasteiger partial charge in [0.15, 0.2) is 16.7 Å². The van der Waals surface area contributed by atoms with Gasteiger partial charge in [0, 0.05) is 74.5 Å². The van der Waals surface area contributed by atoms with Crippen molar-refractivity contribution in [2.45, 2.75) is 52.4 Å². The van der Waals surface area contributed by atoms with Gasteiger partial charge in [0.05, 0.1) is 28.4 Å². The zero-order valence-corrected chi connectivity index (χ0v) is 60.4. The first kappa shape index (κ1) is 62.8. The molecule has 3 aromatic heterocycles. The van der Waals surface area contributed by atoms with Crippen LogP contribution in [0.15, 0.2) is 326 Å². The maximum atomic E-state index is 6.81. The van der Waals surface area contributed by atoms with E-state index in [0.29, 0.717) is 0 Å². The van der Waals surface area contributed by atoms with Crippen LogP contribution in [-0.4, -0.2) is 0 Å². The number of para-hydroxylation sites is 9. The molecule has 0 unspecified atom stereocenters. The molecule has 492 valence electrons. The Balaban J connectivity index is 0.000000143. The molecular formula is C94H69Br2N3O3. The summed E-state index contributed by atoms with van der Waals surface area (Å²) in [5.74, 6) is 0. The van der Waals surface area contributed by atoms with Crippen molar-refractivity contribution in [3.05, 3.63) is 323 Å². The summed E-state index contributed by atoms with van der Waals surface area (Å²) >= 11 is 7.42. The van der Waals surface area contributed by atoms with Crippen molar-refractivity contribution in [3.63, 3.8) is 0 Å². The van der Waals surface area contributed by atoms with Gasteiger partial charge in [-0.25, -0.2) is 0 Å². The lowest BCUT2D eigenvalue weighted by molar-refractivity contribution is 0.591. The molecule has 102 heavy (non-hydrogen) atoms. The van der Waals surface area contributed by atoms with Crippen LogP contribution in [0.4, 0.5) is 45.5 Å². The number of hydrogen-bond acceptors (Lipinski definition) is 6. The minimum Gasteiger partial charge on any atom is -0.454 e. The van der Waals surface area contributed by atoms with Crippen LogP contribution in [0.2, 0.25) is 0 Å². The third kappa shape index (κ3) is 10.7. The molecule has 0 atom stereocenters. The molecule has 17 aromatic carbocycles. The molecule has 1 N–H and O–H groups in total. The molecule has 20 rings (SSSR count). The number of halogens is 2. The Hall–Kier alpha value is -11.4. The highest BCUT2D eigenvalue weighted by molar-refractivity contribution is 9.11. The van der Waals surface area contributed by atoms with Gasteiger partial charge in [0.2, 0.25) is 0 Å². The zero-order chi connectivity index (χ0) is 69.1.